The van der Waals surface area contributed by atoms with Gasteiger partial charge in [-0.15, -0.1) is 0 Å². The van der Waals surface area contributed by atoms with E-state index in [1.54, 1.807) is 0 Å². The van der Waals surface area contributed by atoms with Crippen LogP contribution in [-0.4, -0.2) is 23.1 Å². The second-order valence-electron chi connectivity index (χ2n) is 0.126. The molecule has 0 bridgehead atoms. The van der Waals surface area contributed by atoms with Gasteiger partial charge in [0.2, 0.25) is 0 Å². The summed E-state index contributed by atoms with van der Waals surface area (Å²) in [6.07, 6.45) is 0. The molecular formula is Cl2LiMgO4+. The minimum atomic E-state index is -0.417. The third-order valence-electron chi connectivity index (χ3n) is 0. The van der Waals surface area contributed by atoms with Crippen LogP contribution in [0, 0.1) is 22.7 Å². The Labute approximate surface area is 82.7 Å². The maximum atomic E-state index is 8.24. The van der Waals surface area contributed by atoms with Crippen LogP contribution >= 0.6 is 0 Å². The van der Waals surface area contributed by atoms with Crippen LogP contribution in [0.5, 0.6) is 0 Å². The molecule has 0 aromatic rings. The zero-order valence-electron chi connectivity index (χ0n) is 4.10. The SMILES string of the molecule is [Li+].[Mg+2].[O-][Cl+][O-].[O-][Cl+][O-]. The molecule has 0 aromatic carbocycles. The van der Waals surface area contributed by atoms with E-state index in [1.807, 2.05) is 0 Å². The van der Waals surface area contributed by atoms with E-state index in [9.17, 15) is 0 Å². The van der Waals surface area contributed by atoms with Gasteiger partial charge in [-0.3, -0.25) is 0 Å². The van der Waals surface area contributed by atoms with Gasteiger partial charge in [-0.05, 0) is 0 Å². The van der Waals surface area contributed by atoms with E-state index in [-0.39, 0.29) is 41.9 Å². The first-order chi connectivity index (χ1) is 2.83. The van der Waals surface area contributed by atoms with Gasteiger partial charge in [-0.1, -0.05) is 0 Å². The quantitative estimate of drug-likeness (QED) is 0.334. The molecule has 8 heavy (non-hydrogen) atoms. The maximum absolute atomic E-state index is 8.24. The van der Waals surface area contributed by atoms with E-state index >= 15 is 0 Å². The predicted molar refractivity (Wildman–Crippen MR) is 5.75 cm³/mol. The molecule has 0 amide bonds. The molecule has 0 fully saturated rings. The van der Waals surface area contributed by atoms with Crippen molar-refractivity contribution in [3.8, 4) is 0 Å². The Balaban J connectivity index is -0.0000000160. The van der Waals surface area contributed by atoms with E-state index in [0.717, 1.165) is 0 Å². The van der Waals surface area contributed by atoms with E-state index in [1.165, 1.54) is 0 Å². The number of hydrogen-bond donors (Lipinski definition) is 0. The first-order valence-corrected chi connectivity index (χ1v) is 1.85. The molecule has 0 spiro atoms. The molecule has 0 radical (unpaired) electrons. The van der Waals surface area contributed by atoms with Gasteiger partial charge < -0.3 is 18.6 Å². The summed E-state index contributed by atoms with van der Waals surface area (Å²) in [6, 6.07) is 0. The van der Waals surface area contributed by atoms with Gasteiger partial charge in [0.15, 0.2) is 0 Å². The monoisotopic (exact) mass is 165 g/mol. The minimum absolute atomic E-state index is 0. The minimum Gasteiger partial charge on any atom is -0.544 e. The summed E-state index contributed by atoms with van der Waals surface area (Å²) in [7, 11) is 0. The average Bonchev–Trinajstić information content (AvgIpc) is 1.39. The molecule has 0 aliphatic rings. The van der Waals surface area contributed by atoms with Gasteiger partial charge in [0, 0.05) is 0 Å². The number of hydrogen-bond acceptors (Lipinski definition) is 4. The molecule has 0 unspecified atom stereocenters. The Bertz CT molecular complexity index is 16.0. The topological polar surface area (TPSA) is 92.2 Å². The fraction of sp³-hybridized carbons (Fsp3) is 0. The second kappa shape index (κ2) is 37.2. The largest absolute Gasteiger partial charge is 2.00 e. The molecule has 0 heterocycles. The molecule has 0 atom stereocenters. The normalized spacial score (nSPS) is 4.50. The molecule has 0 N–H and O–H groups in total. The molecule has 0 rings (SSSR count). The van der Waals surface area contributed by atoms with Crippen LogP contribution in [0.15, 0.2) is 0 Å². The molecule has 0 saturated carbocycles. The molecule has 0 saturated heterocycles. The molecule has 8 heteroatoms. The van der Waals surface area contributed by atoms with Crippen molar-refractivity contribution in [3.63, 3.8) is 0 Å². The Morgan fingerprint density at radius 2 is 0.750 bits per heavy atom. The van der Waals surface area contributed by atoms with Gasteiger partial charge in [0.1, 0.15) is 0 Å². The zero-order valence-corrected chi connectivity index (χ0v) is 7.02. The molecule has 0 aliphatic carbocycles. The van der Waals surface area contributed by atoms with Gasteiger partial charge in [0.25, 0.3) is 0 Å². The Kier molecular flexibility index (Phi) is 105. The Hall–Kier alpha value is 1.78. The van der Waals surface area contributed by atoms with Crippen molar-refractivity contribution in [2.45, 2.75) is 0 Å². The van der Waals surface area contributed by atoms with Gasteiger partial charge in [-0.25, -0.2) is 0 Å². The van der Waals surface area contributed by atoms with Gasteiger partial charge >= 0.3 is 41.9 Å². The van der Waals surface area contributed by atoms with Crippen molar-refractivity contribution in [2.75, 3.05) is 0 Å². The van der Waals surface area contributed by atoms with Crippen molar-refractivity contribution in [3.05, 3.63) is 0 Å². The van der Waals surface area contributed by atoms with Crippen molar-refractivity contribution >= 4 is 23.1 Å². The number of halogens is 2. The van der Waals surface area contributed by atoms with E-state index in [0.29, 0.717) is 0 Å². The first-order valence-electron chi connectivity index (χ1n) is 0.617. The molecular weight excluding hydrogens is 166 g/mol. The standard InChI is InChI=1S/2ClO2.Li.Mg/c2*2-1-3;;/q2*-1;+1;+2. The Morgan fingerprint density at radius 3 is 0.750 bits per heavy atom. The van der Waals surface area contributed by atoms with Crippen LogP contribution in [0.4, 0.5) is 0 Å². The van der Waals surface area contributed by atoms with Crippen LogP contribution < -0.4 is 37.5 Å². The van der Waals surface area contributed by atoms with Crippen molar-refractivity contribution < 1.29 is 60.1 Å². The fourth-order valence-corrected chi connectivity index (χ4v) is 0. The summed E-state index contributed by atoms with van der Waals surface area (Å²) in [5.74, 6) is 0. The summed E-state index contributed by atoms with van der Waals surface area (Å²) in [5.41, 5.74) is 0. The van der Waals surface area contributed by atoms with E-state index in [2.05, 4.69) is 0 Å². The molecule has 40 valence electrons. The predicted octanol–water partition coefficient (Wildman–Crippen LogP) is -8.13. The van der Waals surface area contributed by atoms with Crippen molar-refractivity contribution in [1.29, 1.82) is 0 Å². The van der Waals surface area contributed by atoms with Crippen LogP contribution in [0.25, 0.3) is 0 Å². The van der Waals surface area contributed by atoms with Crippen molar-refractivity contribution in [2.24, 2.45) is 0 Å². The van der Waals surface area contributed by atoms with Crippen LogP contribution in [-0.2, 0) is 0 Å². The van der Waals surface area contributed by atoms with Crippen LogP contribution in [0.3, 0.4) is 0 Å². The average molecular weight is 166 g/mol. The molecule has 0 aromatic heterocycles. The van der Waals surface area contributed by atoms with Crippen LogP contribution in [0.1, 0.15) is 0 Å². The zero-order chi connectivity index (χ0) is 5.41. The van der Waals surface area contributed by atoms with Gasteiger partial charge in [0.05, 0.1) is 22.7 Å². The Morgan fingerprint density at radius 1 is 0.750 bits per heavy atom. The summed E-state index contributed by atoms with van der Waals surface area (Å²) >= 11 is -0.833. The van der Waals surface area contributed by atoms with Gasteiger partial charge in [-0.2, -0.15) is 0 Å². The molecule has 4 nitrogen and oxygen atoms in total. The summed E-state index contributed by atoms with van der Waals surface area (Å²) in [5, 5.41) is 0. The summed E-state index contributed by atoms with van der Waals surface area (Å²) in [6.45, 7) is 0. The maximum Gasteiger partial charge on any atom is 2.00 e. The van der Waals surface area contributed by atoms with Crippen LogP contribution in [0.2, 0.25) is 0 Å². The first kappa shape index (κ1) is 22.6. The third-order valence-corrected chi connectivity index (χ3v) is 0. The summed E-state index contributed by atoms with van der Waals surface area (Å²) < 4.78 is 32.9. The second-order valence-corrected chi connectivity index (χ2v) is 0.378. The summed E-state index contributed by atoms with van der Waals surface area (Å²) in [4.78, 5) is 0. The number of rotatable bonds is 0. The van der Waals surface area contributed by atoms with E-state index in [4.69, 9.17) is 18.6 Å². The smallest absolute Gasteiger partial charge is 0.544 e. The molecule has 0 aliphatic heterocycles. The van der Waals surface area contributed by atoms with E-state index < -0.39 is 22.7 Å². The van der Waals surface area contributed by atoms with Crippen molar-refractivity contribution in [1.82, 2.24) is 0 Å². The third kappa shape index (κ3) is 113. The fourth-order valence-electron chi connectivity index (χ4n) is 0.